The molecule has 7 heteroatoms. The molecule has 1 fully saturated rings. The molecule has 0 bridgehead atoms. The lowest BCUT2D eigenvalue weighted by Crippen LogP contribution is -2.47. The first-order valence-electron chi connectivity index (χ1n) is 5.35. The molecule has 4 N–H and O–H groups in total. The summed E-state index contributed by atoms with van der Waals surface area (Å²) in [6.07, 6.45) is 0.975. The average Bonchev–Trinajstić information content (AvgIpc) is 2.24. The van der Waals surface area contributed by atoms with Crippen LogP contribution in [0.3, 0.4) is 0 Å². The van der Waals surface area contributed by atoms with Crippen LogP contribution in [-0.4, -0.2) is 24.7 Å². The molecule has 94 valence electrons. The van der Waals surface area contributed by atoms with E-state index in [0.29, 0.717) is 0 Å². The normalized spacial score (nSPS) is 19.6. The van der Waals surface area contributed by atoms with Crippen molar-refractivity contribution in [1.82, 2.24) is 10.7 Å². The summed E-state index contributed by atoms with van der Waals surface area (Å²) in [5.41, 5.74) is 2.16. The standard InChI is InChI=1S/C9H17F3N4/c10-9(11,12)6-14-8(16-13)15-7-4-2-1-3-5-7/h7H,1-6,13H2,(H2,14,15,16). The molecule has 0 saturated heterocycles. The molecule has 0 aromatic carbocycles. The summed E-state index contributed by atoms with van der Waals surface area (Å²) in [5, 5.41) is 2.89. The van der Waals surface area contributed by atoms with E-state index in [9.17, 15) is 13.2 Å². The van der Waals surface area contributed by atoms with Gasteiger partial charge in [0, 0.05) is 6.04 Å². The summed E-state index contributed by atoms with van der Waals surface area (Å²) in [5.74, 6) is 5.13. The fourth-order valence-corrected chi connectivity index (χ4v) is 1.74. The van der Waals surface area contributed by atoms with Gasteiger partial charge in [0.25, 0.3) is 0 Å². The van der Waals surface area contributed by atoms with Crippen molar-refractivity contribution < 1.29 is 13.2 Å². The van der Waals surface area contributed by atoms with E-state index >= 15 is 0 Å². The third-order valence-electron chi connectivity index (χ3n) is 2.50. The molecule has 0 radical (unpaired) electrons. The van der Waals surface area contributed by atoms with Crippen molar-refractivity contribution in [3.63, 3.8) is 0 Å². The van der Waals surface area contributed by atoms with Gasteiger partial charge < -0.3 is 5.32 Å². The first kappa shape index (κ1) is 13.1. The molecular weight excluding hydrogens is 221 g/mol. The van der Waals surface area contributed by atoms with Crippen LogP contribution in [0.25, 0.3) is 0 Å². The van der Waals surface area contributed by atoms with Gasteiger partial charge in [-0.3, -0.25) is 5.43 Å². The van der Waals surface area contributed by atoms with Crippen LogP contribution < -0.4 is 16.6 Å². The van der Waals surface area contributed by atoms with Crippen LogP contribution in [0.1, 0.15) is 32.1 Å². The molecule has 1 saturated carbocycles. The molecule has 0 amide bonds. The van der Waals surface area contributed by atoms with Gasteiger partial charge in [-0.25, -0.2) is 10.8 Å². The van der Waals surface area contributed by atoms with Gasteiger partial charge in [0.05, 0.1) is 0 Å². The van der Waals surface area contributed by atoms with Crippen molar-refractivity contribution >= 4 is 5.96 Å². The smallest absolute Gasteiger partial charge is 0.353 e. The highest BCUT2D eigenvalue weighted by atomic mass is 19.4. The predicted octanol–water partition coefficient (Wildman–Crippen LogP) is 1.29. The Morgan fingerprint density at radius 1 is 1.25 bits per heavy atom. The molecule has 0 aromatic heterocycles. The number of aliphatic imine (C=N–C) groups is 1. The molecule has 0 atom stereocenters. The largest absolute Gasteiger partial charge is 0.408 e. The van der Waals surface area contributed by atoms with Gasteiger partial charge in [0.2, 0.25) is 5.96 Å². The number of rotatable bonds is 2. The van der Waals surface area contributed by atoms with Gasteiger partial charge in [0.15, 0.2) is 0 Å². The molecule has 0 spiro atoms. The first-order chi connectivity index (χ1) is 7.51. The Labute approximate surface area is 92.5 Å². The number of hydrogen-bond donors (Lipinski definition) is 3. The fraction of sp³-hybridized carbons (Fsp3) is 0.889. The molecule has 0 aromatic rings. The third-order valence-corrected chi connectivity index (χ3v) is 2.50. The minimum Gasteiger partial charge on any atom is -0.353 e. The van der Waals surface area contributed by atoms with Crippen molar-refractivity contribution in [2.75, 3.05) is 6.54 Å². The van der Waals surface area contributed by atoms with Gasteiger partial charge in [-0.05, 0) is 12.8 Å². The second-order valence-electron chi connectivity index (χ2n) is 3.90. The van der Waals surface area contributed by atoms with Gasteiger partial charge >= 0.3 is 6.18 Å². The highest BCUT2D eigenvalue weighted by Crippen LogP contribution is 2.17. The summed E-state index contributed by atoms with van der Waals surface area (Å²) in [7, 11) is 0. The zero-order valence-electron chi connectivity index (χ0n) is 8.98. The van der Waals surface area contributed by atoms with Crippen LogP contribution in [-0.2, 0) is 0 Å². The fourth-order valence-electron chi connectivity index (χ4n) is 1.74. The van der Waals surface area contributed by atoms with E-state index in [1.54, 1.807) is 0 Å². The summed E-state index contributed by atoms with van der Waals surface area (Å²) in [6.45, 7) is -1.22. The van der Waals surface area contributed by atoms with Crippen molar-refractivity contribution in [3.8, 4) is 0 Å². The maximum atomic E-state index is 11.9. The van der Waals surface area contributed by atoms with E-state index in [4.69, 9.17) is 5.84 Å². The molecule has 0 heterocycles. The van der Waals surface area contributed by atoms with Crippen molar-refractivity contribution in [3.05, 3.63) is 0 Å². The van der Waals surface area contributed by atoms with E-state index in [-0.39, 0.29) is 12.0 Å². The van der Waals surface area contributed by atoms with Crippen molar-refractivity contribution in [2.45, 2.75) is 44.3 Å². The molecule has 4 nitrogen and oxygen atoms in total. The monoisotopic (exact) mass is 238 g/mol. The van der Waals surface area contributed by atoms with Crippen molar-refractivity contribution in [2.24, 2.45) is 10.8 Å². The van der Waals surface area contributed by atoms with E-state index in [2.05, 4.69) is 15.7 Å². The SMILES string of the molecule is NNC(=NCC(F)(F)F)NC1CCCCC1. The summed E-state index contributed by atoms with van der Waals surface area (Å²) >= 11 is 0. The number of nitrogens with one attached hydrogen (secondary N) is 2. The van der Waals surface area contributed by atoms with Crippen LogP contribution in [0.5, 0.6) is 0 Å². The Morgan fingerprint density at radius 2 is 1.88 bits per heavy atom. The van der Waals surface area contributed by atoms with Crippen LogP contribution in [0.4, 0.5) is 13.2 Å². The number of hydrazine groups is 1. The van der Waals surface area contributed by atoms with Gasteiger partial charge in [0.1, 0.15) is 6.54 Å². The Balaban J connectivity index is 2.40. The maximum Gasteiger partial charge on any atom is 0.408 e. The average molecular weight is 238 g/mol. The molecule has 1 aliphatic rings. The number of nitrogens with zero attached hydrogens (tertiary/aromatic N) is 1. The topological polar surface area (TPSA) is 62.4 Å². The van der Waals surface area contributed by atoms with Crippen LogP contribution in [0.2, 0.25) is 0 Å². The quantitative estimate of drug-likeness (QED) is 0.294. The minimum absolute atomic E-state index is 0.0178. The molecule has 1 aliphatic carbocycles. The molecule has 16 heavy (non-hydrogen) atoms. The zero-order valence-corrected chi connectivity index (χ0v) is 8.98. The zero-order chi connectivity index (χ0) is 12.0. The minimum atomic E-state index is -4.30. The van der Waals surface area contributed by atoms with Gasteiger partial charge in [-0.1, -0.05) is 19.3 Å². The Kier molecular flexibility index (Phi) is 4.85. The molecule has 0 aliphatic heterocycles. The summed E-state index contributed by atoms with van der Waals surface area (Å²) < 4.78 is 35.8. The van der Waals surface area contributed by atoms with Crippen LogP contribution in [0.15, 0.2) is 4.99 Å². The number of guanidine groups is 1. The number of halogens is 3. The Morgan fingerprint density at radius 3 is 2.38 bits per heavy atom. The number of hydrogen-bond acceptors (Lipinski definition) is 2. The number of alkyl halides is 3. The van der Waals surface area contributed by atoms with E-state index in [1.807, 2.05) is 0 Å². The molecular formula is C9H17F3N4. The summed E-state index contributed by atoms with van der Waals surface area (Å²) in [6, 6.07) is 0.178. The Bertz CT molecular complexity index is 233. The Hall–Kier alpha value is -0.980. The maximum absolute atomic E-state index is 11.9. The van der Waals surface area contributed by atoms with Gasteiger partial charge in [-0.15, -0.1) is 0 Å². The lowest BCUT2D eigenvalue weighted by atomic mass is 9.96. The highest BCUT2D eigenvalue weighted by Gasteiger charge is 2.27. The van der Waals surface area contributed by atoms with Crippen molar-refractivity contribution in [1.29, 1.82) is 0 Å². The second-order valence-corrected chi connectivity index (χ2v) is 3.90. The van der Waals surface area contributed by atoms with Crippen LogP contribution in [0, 0.1) is 0 Å². The van der Waals surface area contributed by atoms with E-state index in [1.165, 1.54) is 6.42 Å². The third kappa shape index (κ3) is 5.20. The van der Waals surface area contributed by atoms with E-state index < -0.39 is 12.7 Å². The first-order valence-corrected chi connectivity index (χ1v) is 5.35. The second kappa shape index (κ2) is 5.93. The molecule has 0 unspecified atom stereocenters. The lowest BCUT2D eigenvalue weighted by molar-refractivity contribution is -0.118. The number of nitrogens with two attached hydrogens (primary N) is 1. The van der Waals surface area contributed by atoms with Gasteiger partial charge in [-0.2, -0.15) is 13.2 Å². The van der Waals surface area contributed by atoms with Crippen LogP contribution >= 0.6 is 0 Å². The lowest BCUT2D eigenvalue weighted by Gasteiger charge is -2.24. The molecule has 1 rings (SSSR count). The highest BCUT2D eigenvalue weighted by molar-refractivity contribution is 5.79. The predicted molar refractivity (Wildman–Crippen MR) is 55.7 cm³/mol. The summed E-state index contributed by atoms with van der Waals surface area (Å²) in [4.78, 5) is 3.35. The van der Waals surface area contributed by atoms with E-state index in [0.717, 1.165) is 25.7 Å².